The summed E-state index contributed by atoms with van der Waals surface area (Å²) in [4.78, 5) is 11.9. The zero-order valence-electron chi connectivity index (χ0n) is 12.0. The highest BCUT2D eigenvalue weighted by molar-refractivity contribution is 5.94. The summed E-state index contributed by atoms with van der Waals surface area (Å²) in [6.07, 6.45) is -0.560. The van der Waals surface area contributed by atoms with Gasteiger partial charge in [0.05, 0.1) is 5.56 Å². The average Bonchev–Trinajstić information content (AvgIpc) is 2.44. The number of carbonyl (C=O) groups is 1. The van der Waals surface area contributed by atoms with Crippen LogP contribution in [-0.2, 0) is 6.18 Å². The van der Waals surface area contributed by atoms with Crippen molar-refractivity contribution in [3.63, 3.8) is 0 Å². The van der Waals surface area contributed by atoms with E-state index in [9.17, 15) is 18.0 Å². The van der Waals surface area contributed by atoms with Gasteiger partial charge in [-0.05, 0) is 43.4 Å². The summed E-state index contributed by atoms with van der Waals surface area (Å²) in [6, 6.07) is 4.62. The van der Waals surface area contributed by atoms with E-state index in [-0.39, 0.29) is 24.0 Å². The number of nitrogens with two attached hydrogens (primary N) is 1. The second-order valence-electron chi connectivity index (χ2n) is 5.58. The lowest BCUT2D eigenvalue weighted by Gasteiger charge is -2.26. The second kappa shape index (κ2) is 7.83. The Morgan fingerprint density at radius 2 is 2.05 bits per heavy atom. The lowest BCUT2D eigenvalue weighted by Crippen LogP contribution is -2.35. The number of benzene rings is 1. The summed E-state index contributed by atoms with van der Waals surface area (Å²) in [6.45, 7) is 0.461. The number of carbonyl (C=O) groups excluding carboxylic acids is 1. The van der Waals surface area contributed by atoms with E-state index in [1.54, 1.807) is 0 Å². The van der Waals surface area contributed by atoms with Crippen LogP contribution < -0.4 is 11.1 Å². The van der Waals surface area contributed by atoms with Crippen LogP contribution in [-0.4, -0.2) is 18.5 Å². The van der Waals surface area contributed by atoms with Crippen LogP contribution in [0, 0.1) is 5.92 Å². The molecule has 1 amide bonds. The Bertz CT molecular complexity index is 508. The molecule has 2 atom stereocenters. The molecular weight excluding hydrogens is 317 g/mol. The summed E-state index contributed by atoms with van der Waals surface area (Å²) in [7, 11) is 0. The predicted molar refractivity (Wildman–Crippen MR) is 81.0 cm³/mol. The Labute approximate surface area is 133 Å². The maximum Gasteiger partial charge on any atom is 0.416 e. The number of halogens is 4. The van der Waals surface area contributed by atoms with Crippen molar-refractivity contribution in [2.45, 2.75) is 37.9 Å². The van der Waals surface area contributed by atoms with Gasteiger partial charge in [-0.3, -0.25) is 4.79 Å². The molecule has 1 saturated carbocycles. The van der Waals surface area contributed by atoms with Gasteiger partial charge in [0.15, 0.2) is 0 Å². The summed E-state index contributed by atoms with van der Waals surface area (Å²) < 4.78 is 37.8. The molecule has 3 N–H and O–H groups in total. The third-order valence-electron chi connectivity index (χ3n) is 3.83. The van der Waals surface area contributed by atoms with Crippen molar-refractivity contribution < 1.29 is 18.0 Å². The average molecular weight is 337 g/mol. The fraction of sp³-hybridized carbons (Fsp3) is 0.533. The zero-order valence-corrected chi connectivity index (χ0v) is 12.8. The van der Waals surface area contributed by atoms with E-state index in [0.717, 1.165) is 37.8 Å². The van der Waals surface area contributed by atoms with Crippen LogP contribution in [0.3, 0.4) is 0 Å². The molecule has 0 radical (unpaired) electrons. The van der Waals surface area contributed by atoms with E-state index in [2.05, 4.69) is 5.32 Å². The van der Waals surface area contributed by atoms with Gasteiger partial charge in [0.25, 0.3) is 5.91 Å². The van der Waals surface area contributed by atoms with E-state index < -0.39 is 17.6 Å². The van der Waals surface area contributed by atoms with E-state index in [4.69, 9.17) is 5.73 Å². The topological polar surface area (TPSA) is 55.1 Å². The molecule has 1 aliphatic carbocycles. The van der Waals surface area contributed by atoms with Crippen LogP contribution in [0.15, 0.2) is 24.3 Å². The van der Waals surface area contributed by atoms with Crippen LogP contribution in [0.2, 0.25) is 0 Å². The Kier molecular flexibility index (Phi) is 6.68. The van der Waals surface area contributed by atoms with Crippen LogP contribution >= 0.6 is 12.4 Å². The van der Waals surface area contributed by atoms with Crippen LogP contribution in [0.4, 0.5) is 13.2 Å². The van der Waals surface area contributed by atoms with Crippen molar-refractivity contribution in [3.8, 4) is 0 Å². The first-order valence-corrected chi connectivity index (χ1v) is 7.07. The van der Waals surface area contributed by atoms with Crippen molar-refractivity contribution in [3.05, 3.63) is 35.4 Å². The normalized spacial score (nSPS) is 21.8. The standard InChI is InChI=1S/C15H19F3N2O.ClH/c16-15(17,18)12-5-2-4-11(8-12)14(21)20-9-10-3-1-6-13(19)7-10;/h2,4-5,8,10,13H,1,3,6-7,9,19H2,(H,20,21);1H. The first-order chi connectivity index (χ1) is 9.86. The minimum Gasteiger partial charge on any atom is -0.352 e. The molecule has 0 heterocycles. The Balaban J connectivity index is 0.00000242. The molecule has 7 heteroatoms. The SMILES string of the molecule is Cl.NC1CCCC(CNC(=O)c2cccc(C(F)(F)F)c2)C1. The monoisotopic (exact) mass is 336 g/mol. The molecule has 124 valence electrons. The molecular formula is C15H20ClF3N2O. The highest BCUT2D eigenvalue weighted by Gasteiger charge is 2.31. The van der Waals surface area contributed by atoms with Crippen molar-refractivity contribution in [1.82, 2.24) is 5.32 Å². The minimum absolute atomic E-state index is 0. The number of hydrogen-bond donors (Lipinski definition) is 2. The minimum atomic E-state index is -4.44. The maximum atomic E-state index is 12.6. The number of hydrogen-bond acceptors (Lipinski definition) is 2. The quantitative estimate of drug-likeness (QED) is 0.889. The summed E-state index contributed by atoms with van der Waals surface area (Å²) >= 11 is 0. The molecule has 2 rings (SSSR count). The van der Waals surface area contributed by atoms with E-state index >= 15 is 0 Å². The summed E-state index contributed by atoms with van der Waals surface area (Å²) in [5.74, 6) is -0.163. The highest BCUT2D eigenvalue weighted by atomic mass is 35.5. The third kappa shape index (κ3) is 5.18. The van der Waals surface area contributed by atoms with Crippen molar-refractivity contribution in [2.24, 2.45) is 11.7 Å². The summed E-state index contributed by atoms with van der Waals surface area (Å²) in [5.41, 5.74) is 5.09. The van der Waals surface area contributed by atoms with Gasteiger partial charge in [-0.2, -0.15) is 13.2 Å². The molecule has 1 fully saturated rings. The number of alkyl halides is 3. The summed E-state index contributed by atoms with van der Waals surface area (Å²) in [5, 5.41) is 2.71. The lowest BCUT2D eigenvalue weighted by molar-refractivity contribution is -0.137. The largest absolute Gasteiger partial charge is 0.416 e. The zero-order chi connectivity index (χ0) is 15.5. The van der Waals surface area contributed by atoms with E-state index in [0.29, 0.717) is 12.5 Å². The first kappa shape index (κ1) is 18.8. The van der Waals surface area contributed by atoms with Crippen LogP contribution in [0.25, 0.3) is 0 Å². The highest BCUT2D eigenvalue weighted by Crippen LogP contribution is 2.29. The predicted octanol–water partition coefficient (Wildman–Crippen LogP) is 3.37. The molecule has 0 saturated heterocycles. The molecule has 1 aromatic rings. The molecule has 0 aliphatic heterocycles. The van der Waals surface area contributed by atoms with Gasteiger partial charge in [-0.25, -0.2) is 0 Å². The van der Waals surface area contributed by atoms with Crippen molar-refractivity contribution >= 4 is 18.3 Å². The van der Waals surface area contributed by atoms with Gasteiger partial charge in [0.1, 0.15) is 0 Å². The second-order valence-corrected chi connectivity index (χ2v) is 5.58. The fourth-order valence-electron chi connectivity index (χ4n) is 2.69. The molecule has 3 nitrogen and oxygen atoms in total. The molecule has 0 aromatic heterocycles. The fourth-order valence-corrected chi connectivity index (χ4v) is 2.69. The molecule has 0 spiro atoms. The molecule has 1 aliphatic rings. The van der Waals surface area contributed by atoms with Crippen molar-refractivity contribution in [1.29, 1.82) is 0 Å². The maximum absolute atomic E-state index is 12.6. The van der Waals surface area contributed by atoms with Gasteiger partial charge in [0.2, 0.25) is 0 Å². The van der Waals surface area contributed by atoms with Gasteiger partial charge >= 0.3 is 6.18 Å². The number of amides is 1. The molecule has 2 unspecified atom stereocenters. The van der Waals surface area contributed by atoms with Gasteiger partial charge in [-0.15, -0.1) is 12.4 Å². The van der Waals surface area contributed by atoms with Crippen molar-refractivity contribution in [2.75, 3.05) is 6.54 Å². The van der Waals surface area contributed by atoms with Gasteiger partial charge < -0.3 is 11.1 Å². The van der Waals surface area contributed by atoms with Gasteiger partial charge in [0, 0.05) is 18.2 Å². The molecule has 0 bridgehead atoms. The number of nitrogens with one attached hydrogen (secondary N) is 1. The third-order valence-corrected chi connectivity index (χ3v) is 3.83. The Morgan fingerprint density at radius 3 is 2.68 bits per heavy atom. The Hall–Kier alpha value is -1.27. The van der Waals surface area contributed by atoms with Gasteiger partial charge in [-0.1, -0.05) is 12.5 Å². The molecule has 22 heavy (non-hydrogen) atoms. The first-order valence-electron chi connectivity index (χ1n) is 7.07. The van der Waals surface area contributed by atoms with Crippen LogP contribution in [0.1, 0.15) is 41.6 Å². The lowest BCUT2D eigenvalue weighted by atomic mass is 9.86. The smallest absolute Gasteiger partial charge is 0.352 e. The molecule has 1 aromatic carbocycles. The van der Waals surface area contributed by atoms with E-state index in [1.165, 1.54) is 12.1 Å². The van der Waals surface area contributed by atoms with E-state index in [1.807, 2.05) is 0 Å². The Morgan fingerprint density at radius 1 is 1.32 bits per heavy atom. The van der Waals surface area contributed by atoms with Crippen LogP contribution in [0.5, 0.6) is 0 Å². The number of rotatable bonds is 3.